The number of hydrogen-bond donors (Lipinski definition) is 0. The van der Waals surface area contributed by atoms with Crippen LogP contribution in [-0.2, 0) is 19.1 Å². The van der Waals surface area contributed by atoms with Crippen molar-refractivity contribution in [1.82, 2.24) is 4.98 Å². The van der Waals surface area contributed by atoms with E-state index in [2.05, 4.69) is 0 Å². The van der Waals surface area contributed by atoms with Crippen molar-refractivity contribution >= 4 is 44.3 Å². The summed E-state index contributed by atoms with van der Waals surface area (Å²) >= 11 is 1.48. The first kappa shape index (κ1) is 28.2. The Labute approximate surface area is 233 Å². The number of nitrogens with zero attached hydrogens (tertiary/aromatic N) is 3. The van der Waals surface area contributed by atoms with Gasteiger partial charge < -0.3 is 19.1 Å². The van der Waals surface area contributed by atoms with E-state index in [1.165, 1.54) is 11.3 Å². The average molecular weight is 550 g/mol. The largest absolute Gasteiger partial charge is 0.494 e. The molecule has 0 saturated heterocycles. The van der Waals surface area contributed by atoms with Gasteiger partial charge in [0.1, 0.15) is 5.75 Å². The van der Waals surface area contributed by atoms with E-state index in [4.69, 9.17) is 19.2 Å². The Balaban J connectivity index is 1.94. The van der Waals surface area contributed by atoms with Crippen LogP contribution >= 0.6 is 11.3 Å². The first-order chi connectivity index (χ1) is 18.7. The summed E-state index contributed by atoms with van der Waals surface area (Å²) in [5.74, 6) is -0.873. The molecule has 9 heteroatoms. The van der Waals surface area contributed by atoms with Crippen molar-refractivity contribution in [3.05, 3.63) is 70.6 Å². The number of carbonyl (C=O) groups is 2. The van der Waals surface area contributed by atoms with Crippen LogP contribution in [0.3, 0.4) is 0 Å². The van der Waals surface area contributed by atoms with Crippen LogP contribution in [0, 0.1) is 0 Å². The molecule has 0 radical (unpaired) electrons. The minimum absolute atomic E-state index is 0.209. The van der Waals surface area contributed by atoms with Gasteiger partial charge in [-0.15, -0.1) is 0 Å². The maximum atomic E-state index is 13.5. The molecule has 1 aliphatic rings. The number of rotatable bonds is 9. The van der Waals surface area contributed by atoms with Gasteiger partial charge in [-0.05, 0) is 64.4 Å². The highest BCUT2D eigenvalue weighted by Gasteiger charge is 2.41. The van der Waals surface area contributed by atoms with Crippen LogP contribution in [-0.4, -0.2) is 50.8 Å². The quantitative estimate of drug-likeness (QED) is 0.299. The fraction of sp³-hybridized carbons (Fsp3) is 0.367. The van der Waals surface area contributed by atoms with E-state index in [0.717, 1.165) is 27.2 Å². The lowest BCUT2D eigenvalue weighted by atomic mass is 9.79. The van der Waals surface area contributed by atoms with Crippen molar-refractivity contribution in [1.29, 1.82) is 0 Å². The first-order valence-corrected chi connectivity index (χ1v) is 13.9. The summed E-state index contributed by atoms with van der Waals surface area (Å²) in [7, 11) is 3.93. The number of aromatic nitrogens is 1. The van der Waals surface area contributed by atoms with Crippen LogP contribution in [0.4, 0.5) is 10.8 Å². The van der Waals surface area contributed by atoms with Gasteiger partial charge >= 0.3 is 11.9 Å². The fourth-order valence-corrected chi connectivity index (χ4v) is 5.89. The monoisotopic (exact) mass is 549 g/mol. The smallest absolute Gasteiger partial charge is 0.336 e. The van der Waals surface area contributed by atoms with Gasteiger partial charge in [0.15, 0.2) is 5.13 Å². The molecule has 8 nitrogen and oxygen atoms in total. The molecule has 0 bridgehead atoms. The molecule has 0 amide bonds. The molecular weight excluding hydrogens is 514 g/mol. The normalized spacial score (nSPS) is 14.2. The van der Waals surface area contributed by atoms with Crippen molar-refractivity contribution in [3.8, 4) is 5.75 Å². The summed E-state index contributed by atoms with van der Waals surface area (Å²) in [6, 6.07) is 13.6. The number of anilines is 2. The molecule has 0 fully saturated rings. The maximum absolute atomic E-state index is 13.5. The molecule has 4 rings (SSSR count). The number of esters is 2. The highest BCUT2D eigenvalue weighted by atomic mass is 32.1. The van der Waals surface area contributed by atoms with E-state index < -0.39 is 17.9 Å². The first-order valence-electron chi connectivity index (χ1n) is 13.1. The van der Waals surface area contributed by atoms with Gasteiger partial charge in [0.05, 0.1) is 47.1 Å². The van der Waals surface area contributed by atoms with E-state index in [1.54, 1.807) is 13.8 Å². The van der Waals surface area contributed by atoms with Crippen molar-refractivity contribution in [2.24, 2.45) is 0 Å². The number of fused-ring (bicyclic) bond motifs is 1. The number of carbonyl (C=O) groups excluding carboxylic acids is 2. The standard InChI is InChI=1S/C30H35N3O5S/c1-8-36-22-15-16-24-23(17-22)31-30(39-24)33-18(4)25(28(34)37-9-2)27(26(19(33)5)29(35)38-10-3)20-11-13-21(14-12-20)32(6)7/h11-17,27H,8-10H2,1-7H3. The lowest BCUT2D eigenvalue weighted by Crippen LogP contribution is -2.35. The Morgan fingerprint density at radius 3 is 2.00 bits per heavy atom. The number of benzene rings is 2. The lowest BCUT2D eigenvalue weighted by molar-refractivity contribution is -0.139. The molecule has 1 aliphatic heterocycles. The molecular formula is C30H35N3O5S. The van der Waals surface area contributed by atoms with E-state index >= 15 is 0 Å². The molecule has 0 spiro atoms. The summed E-state index contributed by atoms with van der Waals surface area (Å²) < 4.78 is 17.7. The predicted molar refractivity (Wildman–Crippen MR) is 155 cm³/mol. The molecule has 2 aromatic carbocycles. The molecule has 0 aliphatic carbocycles. The zero-order valence-electron chi connectivity index (χ0n) is 23.5. The van der Waals surface area contributed by atoms with Crippen molar-refractivity contribution < 1.29 is 23.8 Å². The van der Waals surface area contributed by atoms with Gasteiger partial charge in [-0.2, -0.15) is 0 Å². The molecule has 1 aromatic heterocycles. The minimum atomic E-state index is -0.658. The van der Waals surface area contributed by atoms with Crippen molar-refractivity contribution in [2.45, 2.75) is 40.5 Å². The van der Waals surface area contributed by atoms with E-state index in [0.29, 0.717) is 34.3 Å². The zero-order chi connectivity index (χ0) is 28.3. The fourth-order valence-electron chi connectivity index (χ4n) is 4.84. The molecule has 2 heterocycles. The Kier molecular flexibility index (Phi) is 8.60. The second kappa shape index (κ2) is 11.9. The van der Waals surface area contributed by atoms with Crippen LogP contribution in [0.5, 0.6) is 5.75 Å². The van der Waals surface area contributed by atoms with Crippen LogP contribution in [0.2, 0.25) is 0 Å². The van der Waals surface area contributed by atoms with Crippen molar-refractivity contribution in [3.63, 3.8) is 0 Å². The van der Waals surface area contributed by atoms with Crippen LogP contribution in [0.1, 0.15) is 46.1 Å². The number of allylic oxidation sites excluding steroid dienone is 2. The molecule has 206 valence electrons. The minimum Gasteiger partial charge on any atom is -0.494 e. The Morgan fingerprint density at radius 2 is 1.49 bits per heavy atom. The number of ether oxygens (including phenoxy) is 3. The summed E-state index contributed by atoms with van der Waals surface area (Å²) in [6.45, 7) is 10.2. The second-order valence-electron chi connectivity index (χ2n) is 9.25. The lowest BCUT2D eigenvalue weighted by Gasteiger charge is -2.36. The molecule has 0 atom stereocenters. The van der Waals surface area contributed by atoms with Crippen LogP contribution in [0.15, 0.2) is 65.0 Å². The van der Waals surface area contributed by atoms with Crippen molar-refractivity contribution in [2.75, 3.05) is 43.7 Å². The van der Waals surface area contributed by atoms with E-state index in [1.807, 2.05) is 87.1 Å². The number of thiazole rings is 1. The molecule has 39 heavy (non-hydrogen) atoms. The topological polar surface area (TPSA) is 81.2 Å². The van der Waals surface area contributed by atoms with Gasteiger partial charge in [-0.25, -0.2) is 14.6 Å². The third-order valence-corrected chi connectivity index (χ3v) is 7.63. The molecule has 3 aromatic rings. The predicted octanol–water partition coefficient (Wildman–Crippen LogP) is 6.04. The SMILES string of the molecule is CCOC(=O)C1=C(C)N(c2nc3cc(OCC)ccc3s2)C(C)=C(C(=O)OCC)C1c1ccc(N(C)C)cc1. The van der Waals surface area contributed by atoms with Gasteiger partial charge in [-0.3, -0.25) is 4.90 Å². The Hall–Kier alpha value is -3.85. The average Bonchev–Trinajstić information content (AvgIpc) is 3.31. The third kappa shape index (κ3) is 5.49. The third-order valence-electron chi connectivity index (χ3n) is 6.61. The van der Waals surface area contributed by atoms with Gasteiger partial charge in [0, 0.05) is 37.2 Å². The highest BCUT2D eigenvalue weighted by Crippen LogP contribution is 2.46. The molecule has 0 N–H and O–H groups in total. The molecule has 0 unspecified atom stereocenters. The summed E-state index contributed by atoms with van der Waals surface area (Å²) in [4.78, 5) is 35.8. The van der Waals surface area contributed by atoms with Gasteiger partial charge in [-0.1, -0.05) is 23.5 Å². The number of hydrogen-bond acceptors (Lipinski definition) is 9. The highest BCUT2D eigenvalue weighted by molar-refractivity contribution is 7.22. The molecule has 0 saturated carbocycles. The Morgan fingerprint density at radius 1 is 0.897 bits per heavy atom. The summed E-state index contributed by atoms with van der Waals surface area (Å²) in [6.07, 6.45) is 0. The van der Waals surface area contributed by atoms with Crippen LogP contribution in [0.25, 0.3) is 10.2 Å². The maximum Gasteiger partial charge on any atom is 0.336 e. The van der Waals surface area contributed by atoms with Gasteiger partial charge in [0.2, 0.25) is 0 Å². The van der Waals surface area contributed by atoms with Crippen LogP contribution < -0.4 is 14.5 Å². The van der Waals surface area contributed by atoms with Gasteiger partial charge in [0.25, 0.3) is 0 Å². The zero-order valence-corrected chi connectivity index (χ0v) is 24.3. The van der Waals surface area contributed by atoms with E-state index in [9.17, 15) is 9.59 Å². The second-order valence-corrected chi connectivity index (χ2v) is 10.3. The van der Waals surface area contributed by atoms with E-state index in [-0.39, 0.29) is 13.2 Å². The Bertz CT molecular complexity index is 1400. The summed E-state index contributed by atoms with van der Waals surface area (Å²) in [5.41, 5.74) is 4.67. The summed E-state index contributed by atoms with van der Waals surface area (Å²) in [5, 5.41) is 0.638.